The van der Waals surface area contributed by atoms with Crippen molar-refractivity contribution in [3.8, 4) is 0 Å². The number of halogens is 1. The molecule has 0 spiro atoms. The van der Waals surface area contributed by atoms with Crippen molar-refractivity contribution in [2.75, 3.05) is 26.3 Å². The number of nitrogens with zero attached hydrogens (tertiary/aromatic N) is 1. The molecule has 1 atom stereocenters. The zero-order valence-corrected chi connectivity index (χ0v) is 5.84. The van der Waals surface area contributed by atoms with Crippen molar-refractivity contribution >= 4 is 11.6 Å². The summed E-state index contributed by atoms with van der Waals surface area (Å²) in [5, 5.41) is 8.81. The van der Waals surface area contributed by atoms with E-state index in [1.807, 2.05) is 0 Å². The van der Waals surface area contributed by atoms with Crippen LogP contribution in [-0.2, 0) is 4.74 Å². The Morgan fingerprint density at radius 1 is 1.44 bits per heavy atom. The van der Waals surface area contributed by atoms with E-state index < -0.39 is 5.69 Å². The number of aliphatic hydroxyl groups is 1. The predicted molar refractivity (Wildman–Crippen MR) is 34.3 cm³/mol. The second kappa shape index (κ2) is 3.37. The van der Waals surface area contributed by atoms with Gasteiger partial charge in [0.15, 0.2) is 5.69 Å². The minimum Gasteiger partial charge on any atom is -0.379 e. The van der Waals surface area contributed by atoms with Gasteiger partial charge in [0, 0.05) is 13.1 Å². The van der Waals surface area contributed by atoms with E-state index in [-0.39, 0.29) is 0 Å². The van der Waals surface area contributed by atoms with Crippen LogP contribution in [0.5, 0.6) is 0 Å². The molecule has 1 unspecified atom stereocenters. The van der Waals surface area contributed by atoms with E-state index >= 15 is 0 Å². The zero-order valence-electron chi connectivity index (χ0n) is 5.09. The van der Waals surface area contributed by atoms with Crippen molar-refractivity contribution < 1.29 is 9.84 Å². The summed E-state index contributed by atoms with van der Waals surface area (Å²) in [5.74, 6) is 0. The van der Waals surface area contributed by atoms with Gasteiger partial charge in [0.05, 0.1) is 13.2 Å². The van der Waals surface area contributed by atoms with E-state index in [2.05, 4.69) is 0 Å². The highest BCUT2D eigenvalue weighted by Gasteiger charge is 2.14. The maximum atomic E-state index is 8.81. The molecule has 0 amide bonds. The van der Waals surface area contributed by atoms with Crippen molar-refractivity contribution in [2.24, 2.45) is 0 Å². The molecule has 1 aliphatic heterocycles. The van der Waals surface area contributed by atoms with Gasteiger partial charge in [-0.3, -0.25) is 4.90 Å². The molecule has 3 nitrogen and oxygen atoms in total. The lowest BCUT2D eigenvalue weighted by Gasteiger charge is -2.27. The maximum absolute atomic E-state index is 8.81. The molecule has 0 bridgehead atoms. The molecule has 0 saturated carbocycles. The number of rotatable bonds is 1. The highest BCUT2D eigenvalue weighted by Crippen LogP contribution is 2.03. The summed E-state index contributed by atoms with van der Waals surface area (Å²) in [6.07, 6.45) is 0. The van der Waals surface area contributed by atoms with Crippen LogP contribution in [0.25, 0.3) is 0 Å². The van der Waals surface area contributed by atoms with Crippen molar-refractivity contribution in [1.82, 2.24) is 4.90 Å². The van der Waals surface area contributed by atoms with Crippen LogP contribution in [0.15, 0.2) is 0 Å². The molecule has 0 aromatic rings. The fraction of sp³-hybridized carbons (Fsp3) is 1.00. The molecule has 1 saturated heterocycles. The maximum Gasteiger partial charge on any atom is 0.185 e. The molecule has 1 N–H and O–H groups in total. The molecule has 4 heteroatoms. The fourth-order valence-electron chi connectivity index (χ4n) is 0.791. The molecule has 1 fully saturated rings. The highest BCUT2D eigenvalue weighted by molar-refractivity contribution is 6.19. The second-order valence-corrected chi connectivity index (χ2v) is 2.35. The highest BCUT2D eigenvalue weighted by atomic mass is 35.5. The quantitative estimate of drug-likeness (QED) is 0.418. The Bertz CT molecular complexity index is 83.0. The molecule has 0 aromatic heterocycles. The first-order chi connectivity index (χ1) is 4.30. The average Bonchev–Trinajstić information content (AvgIpc) is 1.90. The molecular formula is C5H10ClNO2. The van der Waals surface area contributed by atoms with E-state index in [1.165, 1.54) is 0 Å². The van der Waals surface area contributed by atoms with Gasteiger partial charge in [0.2, 0.25) is 0 Å². The lowest BCUT2D eigenvalue weighted by Crippen LogP contribution is -2.40. The molecule has 0 radical (unpaired) electrons. The molecule has 1 heterocycles. The van der Waals surface area contributed by atoms with Crippen LogP contribution in [0.2, 0.25) is 0 Å². The van der Waals surface area contributed by atoms with Gasteiger partial charge in [-0.05, 0) is 0 Å². The lowest BCUT2D eigenvalue weighted by atomic mass is 10.5. The fourth-order valence-corrected chi connectivity index (χ4v) is 0.986. The van der Waals surface area contributed by atoms with Gasteiger partial charge >= 0.3 is 0 Å². The number of hydrogen-bond donors (Lipinski definition) is 1. The summed E-state index contributed by atoms with van der Waals surface area (Å²) >= 11 is 5.38. The minimum absolute atomic E-state index is 0.670. The first-order valence-corrected chi connectivity index (χ1v) is 3.38. The third kappa shape index (κ3) is 2.10. The van der Waals surface area contributed by atoms with Crippen molar-refractivity contribution in [3.05, 3.63) is 0 Å². The number of alkyl halides is 1. The van der Waals surface area contributed by atoms with Gasteiger partial charge < -0.3 is 9.84 Å². The third-order valence-corrected chi connectivity index (χ3v) is 1.62. The summed E-state index contributed by atoms with van der Waals surface area (Å²) in [7, 11) is 0. The third-order valence-electron chi connectivity index (χ3n) is 1.35. The van der Waals surface area contributed by atoms with E-state index in [0.29, 0.717) is 13.2 Å². The number of morpholine rings is 1. The van der Waals surface area contributed by atoms with Gasteiger partial charge in [0.1, 0.15) is 0 Å². The molecule has 1 aliphatic rings. The summed E-state index contributed by atoms with van der Waals surface area (Å²) in [6.45, 7) is 2.79. The van der Waals surface area contributed by atoms with Crippen LogP contribution in [-0.4, -0.2) is 42.0 Å². The molecule has 0 aliphatic carbocycles. The summed E-state index contributed by atoms with van der Waals surface area (Å²) in [4.78, 5) is 1.76. The number of aliphatic hydroxyl groups excluding tert-OH is 1. The Hall–Kier alpha value is 0.170. The monoisotopic (exact) mass is 151 g/mol. The number of hydrogen-bond acceptors (Lipinski definition) is 3. The van der Waals surface area contributed by atoms with Gasteiger partial charge in [-0.2, -0.15) is 0 Å². The van der Waals surface area contributed by atoms with Gasteiger partial charge in [-0.15, -0.1) is 0 Å². The van der Waals surface area contributed by atoms with Gasteiger partial charge in [-0.25, -0.2) is 0 Å². The molecule has 1 rings (SSSR count). The topological polar surface area (TPSA) is 32.7 Å². The van der Waals surface area contributed by atoms with E-state index in [0.717, 1.165) is 13.1 Å². The van der Waals surface area contributed by atoms with Crippen LogP contribution in [0.1, 0.15) is 0 Å². The van der Waals surface area contributed by atoms with Gasteiger partial charge in [-0.1, -0.05) is 11.6 Å². The minimum atomic E-state index is -0.839. The first-order valence-electron chi connectivity index (χ1n) is 2.94. The Labute approximate surface area is 59.2 Å². The standard InChI is InChI=1S/C5H10ClNO2/c6-5(8)7-1-3-9-4-2-7/h5,8H,1-4H2. The van der Waals surface area contributed by atoms with Crippen molar-refractivity contribution in [3.63, 3.8) is 0 Å². The van der Waals surface area contributed by atoms with Crippen molar-refractivity contribution in [1.29, 1.82) is 0 Å². The first kappa shape index (κ1) is 7.28. The molecule has 0 aromatic carbocycles. The Morgan fingerprint density at radius 2 is 2.00 bits per heavy atom. The predicted octanol–water partition coefficient (Wildman–Crippen LogP) is -0.167. The summed E-state index contributed by atoms with van der Waals surface area (Å²) < 4.78 is 5.04. The average molecular weight is 152 g/mol. The second-order valence-electron chi connectivity index (χ2n) is 1.96. The van der Waals surface area contributed by atoms with Crippen LogP contribution in [0.3, 0.4) is 0 Å². The van der Waals surface area contributed by atoms with E-state index in [9.17, 15) is 0 Å². The van der Waals surface area contributed by atoms with Crippen molar-refractivity contribution in [2.45, 2.75) is 5.69 Å². The molecule has 54 valence electrons. The van der Waals surface area contributed by atoms with Crippen LogP contribution >= 0.6 is 11.6 Å². The van der Waals surface area contributed by atoms with E-state index in [1.54, 1.807) is 4.90 Å². The summed E-state index contributed by atoms with van der Waals surface area (Å²) in [6, 6.07) is 0. The smallest absolute Gasteiger partial charge is 0.185 e. The normalized spacial score (nSPS) is 26.0. The largest absolute Gasteiger partial charge is 0.379 e. The van der Waals surface area contributed by atoms with Gasteiger partial charge in [0.25, 0.3) is 0 Å². The zero-order chi connectivity index (χ0) is 6.69. The SMILES string of the molecule is OC(Cl)N1CCOCC1. The molecular weight excluding hydrogens is 142 g/mol. The Morgan fingerprint density at radius 3 is 2.33 bits per heavy atom. The van der Waals surface area contributed by atoms with Crippen LogP contribution in [0.4, 0.5) is 0 Å². The Kier molecular flexibility index (Phi) is 2.72. The Balaban J connectivity index is 2.23. The lowest BCUT2D eigenvalue weighted by molar-refractivity contribution is -0.0213. The van der Waals surface area contributed by atoms with Crippen LogP contribution in [0, 0.1) is 0 Å². The van der Waals surface area contributed by atoms with E-state index in [4.69, 9.17) is 21.4 Å². The molecule has 9 heavy (non-hydrogen) atoms. The summed E-state index contributed by atoms with van der Waals surface area (Å²) in [5.41, 5.74) is -0.839. The number of ether oxygens (including phenoxy) is 1. The van der Waals surface area contributed by atoms with Crippen LogP contribution < -0.4 is 0 Å².